The van der Waals surface area contributed by atoms with E-state index >= 15 is 0 Å². The number of nitrogens with zero attached hydrogens (tertiary/aromatic N) is 3. The second-order valence-electron chi connectivity index (χ2n) is 15.8. The average Bonchev–Trinajstić information content (AvgIpc) is 3.36. The van der Waals surface area contributed by atoms with Gasteiger partial charge in [-0.05, 0) is 90.6 Å². The molecule has 0 aliphatic heterocycles. The van der Waals surface area contributed by atoms with Crippen LogP contribution in [0.3, 0.4) is 0 Å². The Morgan fingerprint density at radius 3 is 2.41 bits per heavy atom. The first-order valence-corrected chi connectivity index (χ1v) is 15.0. The van der Waals surface area contributed by atoms with Gasteiger partial charge in [0.2, 0.25) is 5.70 Å². The van der Waals surface area contributed by atoms with E-state index in [9.17, 15) is 9.59 Å². The van der Waals surface area contributed by atoms with Crippen molar-refractivity contribution in [3.8, 4) is 0 Å². The predicted octanol–water partition coefficient (Wildman–Crippen LogP) is 7.46. The number of carbonyl (C=O) groups is 2. The number of rotatable bonds is 2. The molecular weight excluding hydrogens is 482 g/mol. The molecule has 39 heavy (non-hydrogen) atoms. The molecule has 3 saturated carbocycles. The van der Waals surface area contributed by atoms with Crippen LogP contribution in [0.25, 0.3) is 4.85 Å². The fraction of sp³-hybridized carbons (Fsp3) is 0.706. The van der Waals surface area contributed by atoms with Crippen molar-refractivity contribution in [3.63, 3.8) is 0 Å². The Kier molecular flexibility index (Phi) is 5.52. The molecule has 1 heterocycles. The molecule has 0 bridgehead atoms. The van der Waals surface area contributed by atoms with Crippen molar-refractivity contribution >= 4 is 11.6 Å². The van der Waals surface area contributed by atoms with Gasteiger partial charge in [0.1, 0.15) is 0 Å². The lowest BCUT2D eigenvalue weighted by molar-refractivity contribution is -0.174. The van der Waals surface area contributed by atoms with Gasteiger partial charge in [0, 0.05) is 35.7 Å². The number of carbonyl (C=O) groups excluding carboxylic acids is 2. The molecule has 6 rings (SSSR count). The molecule has 1 aromatic rings. The summed E-state index contributed by atoms with van der Waals surface area (Å²) < 4.78 is 2.11. The molecule has 5 aliphatic carbocycles. The summed E-state index contributed by atoms with van der Waals surface area (Å²) in [7, 11) is 0. The number of ketones is 2. The molecule has 0 radical (unpaired) electrons. The van der Waals surface area contributed by atoms with Crippen molar-refractivity contribution in [1.82, 2.24) is 9.78 Å². The van der Waals surface area contributed by atoms with E-state index in [2.05, 4.69) is 55.4 Å². The Hall–Kier alpha value is -2.48. The van der Waals surface area contributed by atoms with Crippen LogP contribution in [-0.4, -0.2) is 21.3 Å². The first-order chi connectivity index (χ1) is 18.1. The molecule has 0 amide bonds. The number of Topliss-reactive ketones (excluding diaryl/α,β-unsaturated/α-hetero) is 1. The second-order valence-corrected chi connectivity index (χ2v) is 15.8. The molecule has 0 N–H and O–H groups in total. The molecule has 208 valence electrons. The Balaban J connectivity index is 1.50. The largest absolute Gasteiger partial charge is 0.307 e. The highest BCUT2D eigenvalue weighted by atomic mass is 16.1. The normalized spacial score (nSPS) is 44.1. The highest BCUT2D eigenvalue weighted by molar-refractivity contribution is 6.03. The number of aromatic nitrogens is 2. The number of fused-ring (bicyclic) bond motifs is 7. The first kappa shape index (κ1) is 26.7. The minimum Gasteiger partial charge on any atom is -0.307 e. The highest BCUT2D eigenvalue weighted by Gasteiger charge is 2.69. The molecule has 5 nitrogen and oxygen atoms in total. The van der Waals surface area contributed by atoms with E-state index in [1.165, 1.54) is 12.0 Å². The molecule has 7 atom stereocenters. The van der Waals surface area contributed by atoms with Crippen LogP contribution < -0.4 is 0 Å². The van der Waals surface area contributed by atoms with E-state index in [1.54, 1.807) is 0 Å². The summed E-state index contributed by atoms with van der Waals surface area (Å²) in [6.45, 7) is 24.5. The summed E-state index contributed by atoms with van der Waals surface area (Å²) in [5.74, 6) is 0.632. The third-order valence-corrected chi connectivity index (χ3v) is 13.1. The molecule has 3 fully saturated rings. The fourth-order valence-electron chi connectivity index (χ4n) is 10.7. The molecule has 0 saturated heterocycles. The third-order valence-electron chi connectivity index (χ3n) is 13.1. The monoisotopic (exact) mass is 527 g/mol. The minimum atomic E-state index is -0.620. The summed E-state index contributed by atoms with van der Waals surface area (Å²) in [5.41, 5.74) is 0.328. The summed E-state index contributed by atoms with van der Waals surface area (Å²) in [4.78, 5) is 31.6. The number of hydrogen-bond donors (Lipinski definition) is 0. The van der Waals surface area contributed by atoms with Crippen molar-refractivity contribution in [1.29, 1.82) is 0 Å². The lowest BCUT2D eigenvalue weighted by Gasteiger charge is -2.69. The van der Waals surface area contributed by atoms with E-state index in [1.807, 2.05) is 38.3 Å². The Labute approximate surface area is 234 Å². The van der Waals surface area contributed by atoms with E-state index < -0.39 is 10.8 Å². The van der Waals surface area contributed by atoms with Crippen molar-refractivity contribution < 1.29 is 9.59 Å². The van der Waals surface area contributed by atoms with Crippen molar-refractivity contribution in [2.24, 2.45) is 50.2 Å². The Morgan fingerprint density at radius 1 is 1.03 bits per heavy atom. The van der Waals surface area contributed by atoms with Gasteiger partial charge in [-0.25, -0.2) is 4.85 Å². The minimum absolute atomic E-state index is 0.0159. The molecular formula is C34H45N3O2. The zero-order valence-electron chi connectivity index (χ0n) is 24.9. The average molecular weight is 528 g/mol. The van der Waals surface area contributed by atoms with Crippen molar-refractivity contribution in [3.05, 3.63) is 53.3 Å². The van der Waals surface area contributed by atoms with Crippen LogP contribution in [0, 0.1) is 56.8 Å². The molecule has 1 aromatic heterocycles. The topological polar surface area (TPSA) is 56.3 Å². The lowest BCUT2D eigenvalue weighted by Crippen LogP contribution is -2.65. The molecule has 0 aromatic carbocycles. The maximum absolute atomic E-state index is 14.6. The van der Waals surface area contributed by atoms with Crippen molar-refractivity contribution in [2.45, 2.75) is 100.0 Å². The smallest absolute Gasteiger partial charge is 0.226 e. The molecule has 0 spiro atoms. The van der Waals surface area contributed by atoms with Gasteiger partial charge >= 0.3 is 0 Å². The standard InChI is InChI=1S/C34H45N3O2/c1-29(2)12-14-34(21-37-17-9-16-36-37)15-13-33(7)27(22(34)19-29)24(38)18-26-31(5)20-23(35-8)28(39)30(3,4)25(31)10-11-32(26,33)6/h9,16-18,20,22,25,27H,10-15,19,21H2,1-7H3/t22-,25-,27-,31-,32+,33+,34+/m0/s1. The maximum Gasteiger partial charge on any atom is 0.226 e. The molecule has 5 aliphatic rings. The van der Waals surface area contributed by atoms with Crippen LogP contribution in [-0.2, 0) is 16.1 Å². The molecule has 5 heteroatoms. The van der Waals surface area contributed by atoms with Crippen LogP contribution in [0.1, 0.15) is 93.4 Å². The van der Waals surface area contributed by atoms with Gasteiger partial charge in [-0.2, -0.15) is 5.10 Å². The van der Waals surface area contributed by atoms with E-state index in [0.717, 1.165) is 45.1 Å². The van der Waals surface area contributed by atoms with Gasteiger partial charge < -0.3 is 4.79 Å². The Morgan fingerprint density at radius 2 is 1.74 bits per heavy atom. The van der Waals surface area contributed by atoms with Gasteiger partial charge in [-0.15, -0.1) is 0 Å². The second kappa shape index (κ2) is 8.05. The third kappa shape index (κ3) is 3.39. The van der Waals surface area contributed by atoms with Crippen LogP contribution in [0.15, 0.2) is 41.9 Å². The van der Waals surface area contributed by atoms with Crippen LogP contribution in [0.2, 0.25) is 0 Å². The lowest BCUT2D eigenvalue weighted by atomic mass is 9.34. The fourth-order valence-corrected chi connectivity index (χ4v) is 10.7. The maximum atomic E-state index is 14.6. The highest BCUT2D eigenvalue weighted by Crippen LogP contribution is 2.74. The van der Waals surface area contributed by atoms with Gasteiger partial charge in [0.15, 0.2) is 11.6 Å². The van der Waals surface area contributed by atoms with Gasteiger partial charge in [-0.3, -0.25) is 9.48 Å². The first-order valence-electron chi connectivity index (χ1n) is 15.0. The van der Waals surface area contributed by atoms with Crippen LogP contribution in [0.5, 0.6) is 0 Å². The summed E-state index contributed by atoms with van der Waals surface area (Å²) in [5, 5.41) is 4.60. The SMILES string of the molecule is [C-]#[N+]C1=C[C@]2(C)C3=CC(=O)[C@@H]4[C@@H]5CC(C)(C)CC[C@]5(Cn5cccn5)CC[C@@]4(C)[C@]3(C)CC[C@H]2C(C)(C)C1=O. The molecule has 0 unspecified atom stereocenters. The summed E-state index contributed by atoms with van der Waals surface area (Å²) in [6, 6.07) is 2.01. The van der Waals surface area contributed by atoms with E-state index in [4.69, 9.17) is 6.57 Å². The summed E-state index contributed by atoms with van der Waals surface area (Å²) >= 11 is 0. The van der Waals surface area contributed by atoms with E-state index in [-0.39, 0.29) is 50.8 Å². The Bertz CT molecular complexity index is 1340. The summed E-state index contributed by atoms with van der Waals surface area (Å²) in [6.07, 6.45) is 15.4. The van der Waals surface area contributed by atoms with Crippen LogP contribution >= 0.6 is 0 Å². The van der Waals surface area contributed by atoms with E-state index in [0.29, 0.717) is 5.92 Å². The van der Waals surface area contributed by atoms with Gasteiger partial charge in [0.25, 0.3) is 0 Å². The van der Waals surface area contributed by atoms with Gasteiger partial charge in [0.05, 0.1) is 6.57 Å². The zero-order chi connectivity index (χ0) is 28.2. The predicted molar refractivity (Wildman–Crippen MR) is 152 cm³/mol. The number of hydrogen-bond acceptors (Lipinski definition) is 3. The van der Waals surface area contributed by atoms with Crippen molar-refractivity contribution in [2.75, 3.05) is 0 Å². The van der Waals surface area contributed by atoms with Crippen LogP contribution in [0.4, 0.5) is 0 Å². The van der Waals surface area contributed by atoms with Gasteiger partial charge in [-0.1, -0.05) is 60.1 Å². The zero-order valence-corrected chi connectivity index (χ0v) is 24.9. The quantitative estimate of drug-likeness (QED) is 0.375. The number of allylic oxidation sites excluding steroid dienone is 4.